The van der Waals surface area contributed by atoms with Crippen molar-refractivity contribution in [1.82, 2.24) is 0 Å². The summed E-state index contributed by atoms with van der Waals surface area (Å²) in [7, 11) is -3.57. The second-order valence-corrected chi connectivity index (χ2v) is 7.53. The first-order valence-corrected chi connectivity index (χ1v) is 8.14. The minimum absolute atomic E-state index is 0.0911. The molecule has 0 fully saturated rings. The molecule has 0 amide bonds. The number of hydrogen-bond acceptors (Lipinski definition) is 4. The predicted molar refractivity (Wildman–Crippen MR) is 74.3 cm³/mol. The third-order valence-corrected chi connectivity index (χ3v) is 6.18. The van der Waals surface area contributed by atoms with Crippen LogP contribution in [0.15, 0.2) is 46.7 Å². The molecule has 0 spiro atoms. The molecule has 0 radical (unpaired) electrons. The molecule has 2 aromatic rings. The average Bonchev–Trinajstić information content (AvgIpc) is 2.91. The van der Waals surface area contributed by atoms with Crippen LogP contribution in [0.3, 0.4) is 0 Å². The molecular formula is C13H14FNO2S2. The van der Waals surface area contributed by atoms with Crippen molar-refractivity contribution in [2.45, 2.75) is 23.1 Å². The highest BCUT2D eigenvalue weighted by Gasteiger charge is 2.30. The van der Waals surface area contributed by atoms with Gasteiger partial charge in [0, 0.05) is 4.88 Å². The molecule has 0 aliphatic heterocycles. The van der Waals surface area contributed by atoms with Crippen molar-refractivity contribution >= 4 is 21.2 Å². The van der Waals surface area contributed by atoms with E-state index in [1.54, 1.807) is 6.92 Å². The third kappa shape index (κ3) is 2.86. The van der Waals surface area contributed by atoms with E-state index >= 15 is 0 Å². The summed E-state index contributed by atoms with van der Waals surface area (Å²) in [4.78, 5) is 0.909. The van der Waals surface area contributed by atoms with Crippen LogP contribution < -0.4 is 5.73 Å². The van der Waals surface area contributed by atoms with E-state index in [0.29, 0.717) is 0 Å². The Kier molecular flexibility index (Phi) is 4.03. The maximum absolute atomic E-state index is 12.8. The maximum Gasteiger partial charge on any atom is 0.182 e. The van der Waals surface area contributed by atoms with E-state index in [0.717, 1.165) is 17.0 Å². The molecule has 6 heteroatoms. The lowest BCUT2D eigenvalue weighted by atomic mass is 10.2. The van der Waals surface area contributed by atoms with Crippen LogP contribution in [0.1, 0.15) is 17.8 Å². The SMILES string of the molecule is CC(C(N)c1cccs1)S(=O)(=O)c1ccc(F)cc1. The highest BCUT2D eigenvalue weighted by atomic mass is 32.2. The van der Waals surface area contributed by atoms with Gasteiger partial charge in [0.25, 0.3) is 0 Å². The standard InChI is InChI=1S/C13H14FNO2S2/c1-9(13(15)12-3-2-8-18-12)19(16,17)11-6-4-10(14)5-7-11/h2-9,13H,15H2,1H3. The zero-order chi connectivity index (χ0) is 14.0. The number of sulfone groups is 1. The Bertz CT molecular complexity index is 636. The van der Waals surface area contributed by atoms with E-state index in [4.69, 9.17) is 5.73 Å². The molecule has 0 aliphatic rings. The summed E-state index contributed by atoms with van der Waals surface area (Å²) >= 11 is 1.42. The van der Waals surface area contributed by atoms with Crippen molar-refractivity contribution in [1.29, 1.82) is 0 Å². The molecule has 102 valence electrons. The Morgan fingerprint density at radius 1 is 1.21 bits per heavy atom. The third-order valence-electron chi connectivity index (χ3n) is 3.01. The molecule has 19 heavy (non-hydrogen) atoms. The number of hydrogen-bond donors (Lipinski definition) is 1. The van der Waals surface area contributed by atoms with Crippen LogP contribution >= 0.6 is 11.3 Å². The lowest BCUT2D eigenvalue weighted by molar-refractivity contribution is 0.566. The van der Waals surface area contributed by atoms with Gasteiger partial charge < -0.3 is 5.73 Å². The Morgan fingerprint density at radius 2 is 1.84 bits per heavy atom. The Morgan fingerprint density at radius 3 is 2.37 bits per heavy atom. The fourth-order valence-corrected chi connectivity index (χ4v) is 4.14. The summed E-state index contributed by atoms with van der Waals surface area (Å²) in [5.74, 6) is -0.464. The summed E-state index contributed by atoms with van der Waals surface area (Å²) in [5.41, 5.74) is 5.99. The van der Waals surface area contributed by atoms with Gasteiger partial charge in [-0.2, -0.15) is 0 Å². The number of thiophene rings is 1. The van der Waals surface area contributed by atoms with Crippen LogP contribution in [-0.4, -0.2) is 13.7 Å². The van der Waals surface area contributed by atoms with Crippen LogP contribution in [0.25, 0.3) is 0 Å². The Labute approximate surface area is 115 Å². The topological polar surface area (TPSA) is 60.2 Å². The molecule has 2 atom stereocenters. The number of benzene rings is 1. The van der Waals surface area contributed by atoms with Gasteiger partial charge in [-0.1, -0.05) is 6.07 Å². The number of rotatable bonds is 4. The van der Waals surface area contributed by atoms with E-state index in [-0.39, 0.29) is 4.90 Å². The molecule has 2 N–H and O–H groups in total. The largest absolute Gasteiger partial charge is 0.322 e. The molecule has 0 bridgehead atoms. The van der Waals surface area contributed by atoms with Gasteiger partial charge in [-0.3, -0.25) is 0 Å². The van der Waals surface area contributed by atoms with Gasteiger partial charge in [0.1, 0.15) is 5.82 Å². The van der Waals surface area contributed by atoms with Crippen LogP contribution in [0.4, 0.5) is 4.39 Å². The fraction of sp³-hybridized carbons (Fsp3) is 0.231. The zero-order valence-corrected chi connectivity index (χ0v) is 11.9. The Hall–Kier alpha value is -1.24. The van der Waals surface area contributed by atoms with Crippen molar-refractivity contribution in [2.24, 2.45) is 5.73 Å². The molecule has 3 nitrogen and oxygen atoms in total. The molecule has 1 aromatic carbocycles. The first-order valence-electron chi connectivity index (χ1n) is 5.71. The van der Waals surface area contributed by atoms with Gasteiger partial charge in [-0.05, 0) is 42.6 Å². The van der Waals surface area contributed by atoms with Gasteiger partial charge in [0.15, 0.2) is 9.84 Å². The Balaban J connectivity index is 2.31. The van der Waals surface area contributed by atoms with E-state index < -0.39 is 26.9 Å². The minimum atomic E-state index is -3.57. The van der Waals surface area contributed by atoms with E-state index in [9.17, 15) is 12.8 Å². The average molecular weight is 299 g/mol. The molecule has 0 aliphatic carbocycles. The van der Waals surface area contributed by atoms with Crippen molar-refractivity contribution in [3.05, 3.63) is 52.5 Å². The van der Waals surface area contributed by atoms with E-state index in [1.165, 1.54) is 23.5 Å². The van der Waals surface area contributed by atoms with Crippen molar-refractivity contribution in [3.8, 4) is 0 Å². The van der Waals surface area contributed by atoms with E-state index in [2.05, 4.69) is 0 Å². The summed E-state index contributed by atoms with van der Waals surface area (Å²) in [6, 6.07) is 7.86. The molecule has 0 saturated heterocycles. The second-order valence-electron chi connectivity index (χ2n) is 4.25. The molecule has 1 heterocycles. The lowest BCUT2D eigenvalue weighted by Gasteiger charge is -2.19. The van der Waals surface area contributed by atoms with Gasteiger partial charge in [-0.25, -0.2) is 12.8 Å². The van der Waals surface area contributed by atoms with Gasteiger partial charge in [0.05, 0.1) is 16.2 Å². The number of halogens is 1. The van der Waals surface area contributed by atoms with Gasteiger partial charge >= 0.3 is 0 Å². The summed E-state index contributed by atoms with van der Waals surface area (Å²) in [6.07, 6.45) is 0. The highest BCUT2D eigenvalue weighted by molar-refractivity contribution is 7.92. The monoisotopic (exact) mass is 299 g/mol. The van der Waals surface area contributed by atoms with Crippen molar-refractivity contribution < 1.29 is 12.8 Å². The van der Waals surface area contributed by atoms with Gasteiger partial charge in [-0.15, -0.1) is 11.3 Å². The van der Waals surface area contributed by atoms with E-state index in [1.807, 2.05) is 17.5 Å². The normalized spacial score (nSPS) is 15.1. The van der Waals surface area contributed by atoms with Crippen LogP contribution in [0.2, 0.25) is 0 Å². The molecule has 2 unspecified atom stereocenters. The second kappa shape index (κ2) is 5.40. The van der Waals surface area contributed by atoms with Crippen LogP contribution in [0.5, 0.6) is 0 Å². The first kappa shape index (κ1) is 14.2. The van der Waals surface area contributed by atoms with Crippen molar-refractivity contribution in [2.75, 3.05) is 0 Å². The predicted octanol–water partition coefficient (Wildman–Crippen LogP) is 2.75. The maximum atomic E-state index is 12.8. The first-order chi connectivity index (χ1) is 8.93. The fourth-order valence-electron chi connectivity index (χ4n) is 1.74. The summed E-state index contributed by atoms with van der Waals surface area (Å²) in [6.45, 7) is 1.57. The quantitative estimate of drug-likeness (QED) is 0.883. The van der Waals surface area contributed by atoms with Crippen molar-refractivity contribution in [3.63, 3.8) is 0 Å². The zero-order valence-electron chi connectivity index (χ0n) is 10.3. The molecule has 1 aromatic heterocycles. The summed E-state index contributed by atoms with van der Waals surface area (Å²) in [5, 5.41) is 1.09. The van der Waals surface area contributed by atoms with Crippen LogP contribution in [-0.2, 0) is 9.84 Å². The smallest absolute Gasteiger partial charge is 0.182 e. The number of nitrogens with two attached hydrogens (primary N) is 1. The van der Waals surface area contributed by atoms with Crippen LogP contribution in [0, 0.1) is 5.82 Å². The highest BCUT2D eigenvalue weighted by Crippen LogP contribution is 2.27. The molecular weight excluding hydrogens is 285 g/mol. The molecule has 2 rings (SSSR count). The lowest BCUT2D eigenvalue weighted by Crippen LogP contribution is -2.30. The molecule has 0 saturated carbocycles. The summed E-state index contributed by atoms with van der Waals surface area (Å²) < 4.78 is 37.6. The minimum Gasteiger partial charge on any atom is -0.322 e. The van der Waals surface area contributed by atoms with Gasteiger partial charge in [0.2, 0.25) is 0 Å².